The summed E-state index contributed by atoms with van der Waals surface area (Å²) in [5, 5.41) is 6.67. The summed E-state index contributed by atoms with van der Waals surface area (Å²) in [5.41, 5.74) is -0.402. The van der Waals surface area contributed by atoms with Gasteiger partial charge in [0.15, 0.2) is 0 Å². The molecule has 1 aliphatic carbocycles. The van der Waals surface area contributed by atoms with Crippen molar-refractivity contribution < 1.29 is 4.79 Å². The fraction of sp³-hybridized carbons (Fsp3) is 0.941. The molecular formula is C17H33N3O. The van der Waals surface area contributed by atoms with Crippen molar-refractivity contribution in [2.45, 2.75) is 70.9 Å². The largest absolute Gasteiger partial charge is 0.352 e. The Morgan fingerprint density at radius 1 is 1.14 bits per heavy atom. The van der Waals surface area contributed by atoms with Gasteiger partial charge < -0.3 is 10.6 Å². The Morgan fingerprint density at radius 3 is 2.29 bits per heavy atom. The minimum atomic E-state index is -0.402. The molecule has 0 spiro atoms. The third kappa shape index (κ3) is 4.43. The summed E-state index contributed by atoms with van der Waals surface area (Å²) in [7, 11) is 0. The van der Waals surface area contributed by atoms with Crippen molar-refractivity contribution in [1.82, 2.24) is 15.5 Å². The van der Waals surface area contributed by atoms with Crippen LogP contribution in [-0.2, 0) is 4.79 Å². The Bertz CT molecular complexity index is 329. The average Bonchev–Trinajstić information content (AvgIpc) is 2.77. The lowest BCUT2D eigenvalue weighted by molar-refractivity contribution is -0.133. The molecule has 1 aliphatic heterocycles. The fourth-order valence-corrected chi connectivity index (χ4v) is 3.68. The van der Waals surface area contributed by atoms with Gasteiger partial charge in [0, 0.05) is 32.2 Å². The Kier molecular flexibility index (Phi) is 6.06. The van der Waals surface area contributed by atoms with Gasteiger partial charge in [-0.3, -0.25) is 9.69 Å². The number of piperazine rings is 1. The van der Waals surface area contributed by atoms with Gasteiger partial charge in [-0.25, -0.2) is 0 Å². The Balaban J connectivity index is 1.89. The number of amides is 1. The van der Waals surface area contributed by atoms with Crippen molar-refractivity contribution >= 4 is 5.91 Å². The summed E-state index contributed by atoms with van der Waals surface area (Å²) in [6.07, 6.45) is 7.93. The summed E-state index contributed by atoms with van der Waals surface area (Å²) < 4.78 is 0. The number of hydrogen-bond donors (Lipinski definition) is 2. The molecule has 2 N–H and O–H groups in total. The SMILES string of the molecule is C[C@H](NC(=O)C(C)(C)N1CCNCC1)C1CCCCCC1. The first-order chi connectivity index (χ1) is 10.0. The number of nitrogens with one attached hydrogen (secondary N) is 2. The zero-order chi connectivity index (χ0) is 15.3. The molecule has 1 saturated heterocycles. The second-order valence-corrected chi connectivity index (χ2v) is 7.31. The molecule has 1 amide bonds. The topological polar surface area (TPSA) is 44.4 Å². The molecule has 1 saturated carbocycles. The van der Waals surface area contributed by atoms with E-state index in [1.54, 1.807) is 0 Å². The Hall–Kier alpha value is -0.610. The normalized spacial score (nSPS) is 24.3. The molecule has 21 heavy (non-hydrogen) atoms. The summed E-state index contributed by atoms with van der Waals surface area (Å²) in [6, 6.07) is 0.304. The monoisotopic (exact) mass is 295 g/mol. The molecule has 0 radical (unpaired) electrons. The number of carbonyl (C=O) groups is 1. The molecule has 0 aromatic heterocycles. The molecule has 122 valence electrons. The highest BCUT2D eigenvalue weighted by Crippen LogP contribution is 2.26. The molecule has 1 atom stereocenters. The highest BCUT2D eigenvalue weighted by Gasteiger charge is 2.36. The molecule has 4 nitrogen and oxygen atoms in total. The van der Waals surface area contributed by atoms with E-state index in [0.717, 1.165) is 26.2 Å². The highest BCUT2D eigenvalue weighted by atomic mass is 16.2. The van der Waals surface area contributed by atoms with Crippen LogP contribution >= 0.6 is 0 Å². The van der Waals surface area contributed by atoms with Crippen molar-refractivity contribution in [3.63, 3.8) is 0 Å². The van der Waals surface area contributed by atoms with Crippen LogP contribution in [0.25, 0.3) is 0 Å². The summed E-state index contributed by atoms with van der Waals surface area (Å²) >= 11 is 0. The van der Waals surface area contributed by atoms with Crippen molar-refractivity contribution in [1.29, 1.82) is 0 Å². The van der Waals surface area contributed by atoms with Crippen LogP contribution in [0.5, 0.6) is 0 Å². The van der Waals surface area contributed by atoms with Gasteiger partial charge in [-0.05, 0) is 39.5 Å². The quantitative estimate of drug-likeness (QED) is 0.781. The second kappa shape index (κ2) is 7.59. The van der Waals surface area contributed by atoms with E-state index >= 15 is 0 Å². The van der Waals surface area contributed by atoms with Gasteiger partial charge in [-0.2, -0.15) is 0 Å². The van der Waals surface area contributed by atoms with Crippen LogP contribution in [0, 0.1) is 5.92 Å². The van der Waals surface area contributed by atoms with Crippen molar-refractivity contribution in [2.24, 2.45) is 5.92 Å². The lowest BCUT2D eigenvalue weighted by Gasteiger charge is -2.40. The van der Waals surface area contributed by atoms with Crippen molar-refractivity contribution in [3.05, 3.63) is 0 Å². The Morgan fingerprint density at radius 2 is 1.71 bits per heavy atom. The standard InChI is InChI=1S/C17H33N3O/c1-14(15-8-6-4-5-7-9-15)19-16(21)17(2,3)20-12-10-18-11-13-20/h14-15,18H,4-13H2,1-3H3,(H,19,21)/t14-/m0/s1. The van der Waals surface area contributed by atoms with Crippen LogP contribution in [0.15, 0.2) is 0 Å². The number of hydrogen-bond acceptors (Lipinski definition) is 3. The molecule has 2 fully saturated rings. The van der Waals surface area contributed by atoms with Gasteiger partial charge in [0.25, 0.3) is 0 Å². The highest BCUT2D eigenvalue weighted by molar-refractivity contribution is 5.85. The zero-order valence-corrected chi connectivity index (χ0v) is 14.1. The molecule has 4 heteroatoms. The van der Waals surface area contributed by atoms with E-state index in [2.05, 4.69) is 36.3 Å². The third-order valence-corrected chi connectivity index (χ3v) is 5.43. The van der Waals surface area contributed by atoms with E-state index in [4.69, 9.17) is 0 Å². The first-order valence-electron chi connectivity index (χ1n) is 8.78. The third-order valence-electron chi connectivity index (χ3n) is 5.43. The van der Waals surface area contributed by atoms with Gasteiger partial charge in [-0.15, -0.1) is 0 Å². The molecule has 0 unspecified atom stereocenters. The second-order valence-electron chi connectivity index (χ2n) is 7.31. The summed E-state index contributed by atoms with van der Waals surface area (Å²) in [4.78, 5) is 15.0. The Labute approximate surface area is 130 Å². The molecule has 2 aliphatic rings. The predicted molar refractivity (Wildman–Crippen MR) is 87.3 cm³/mol. The maximum atomic E-state index is 12.7. The van der Waals surface area contributed by atoms with Crippen LogP contribution < -0.4 is 10.6 Å². The zero-order valence-electron chi connectivity index (χ0n) is 14.1. The molecular weight excluding hydrogens is 262 g/mol. The predicted octanol–water partition coefficient (Wildman–Crippen LogP) is 2.15. The van der Waals surface area contributed by atoms with Gasteiger partial charge in [-0.1, -0.05) is 25.7 Å². The van der Waals surface area contributed by atoms with Gasteiger partial charge in [0.05, 0.1) is 5.54 Å². The molecule has 1 heterocycles. The minimum absolute atomic E-state index is 0.196. The van der Waals surface area contributed by atoms with Crippen molar-refractivity contribution in [2.75, 3.05) is 26.2 Å². The maximum absolute atomic E-state index is 12.7. The fourth-order valence-electron chi connectivity index (χ4n) is 3.68. The van der Waals surface area contributed by atoms with Crippen molar-refractivity contribution in [3.8, 4) is 0 Å². The maximum Gasteiger partial charge on any atom is 0.240 e. The van der Waals surface area contributed by atoms with E-state index in [0.29, 0.717) is 12.0 Å². The number of rotatable bonds is 4. The first-order valence-corrected chi connectivity index (χ1v) is 8.78. The van der Waals surface area contributed by atoms with Crippen LogP contribution in [-0.4, -0.2) is 48.6 Å². The van der Waals surface area contributed by atoms with E-state index in [1.807, 2.05) is 0 Å². The van der Waals surface area contributed by atoms with Gasteiger partial charge in [0.2, 0.25) is 5.91 Å². The molecule has 0 aromatic carbocycles. The van der Waals surface area contributed by atoms with Gasteiger partial charge in [0.1, 0.15) is 0 Å². The first kappa shape index (κ1) is 16.8. The van der Waals surface area contributed by atoms with Gasteiger partial charge >= 0.3 is 0 Å². The van der Waals surface area contributed by atoms with E-state index in [1.165, 1.54) is 38.5 Å². The van der Waals surface area contributed by atoms with E-state index in [-0.39, 0.29) is 5.91 Å². The number of carbonyl (C=O) groups excluding carboxylic acids is 1. The van der Waals surface area contributed by atoms with Crippen LogP contribution in [0.2, 0.25) is 0 Å². The van der Waals surface area contributed by atoms with E-state index in [9.17, 15) is 4.79 Å². The van der Waals surface area contributed by atoms with Crippen LogP contribution in [0.4, 0.5) is 0 Å². The molecule has 0 bridgehead atoms. The lowest BCUT2D eigenvalue weighted by atomic mass is 9.91. The smallest absolute Gasteiger partial charge is 0.240 e. The molecule has 0 aromatic rings. The average molecular weight is 295 g/mol. The minimum Gasteiger partial charge on any atom is -0.352 e. The van der Waals surface area contributed by atoms with Crippen LogP contribution in [0.3, 0.4) is 0 Å². The summed E-state index contributed by atoms with van der Waals surface area (Å²) in [5.74, 6) is 0.858. The lowest BCUT2D eigenvalue weighted by Crippen LogP contribution is -2.61. The van der Waals surface area contributed by atoms with E-state index < -0.39 is 5.54 Å². The number of nitrogens with zero attached hydrogens (tertiary/aromatic N) is 1. The van der Waals surface area contributed by atoms with Crippen LogP contribution in [0.1, 0.15) is 59.3 Å². The molecule has 2 rings (SSSR count). The summed E-state index contributed by atoms with van der Waals surface area (Å²) in [6.45, 7) is 10.2.